The molecule has 0 bridgehead atoms. The van der Waals surface area contributed by atoms with Gasteiger partial charge in [-0.15, -0.1) is 0 Å². The smallest absolute Gasteiger partial charge is 0.224 e. The van der Waals surface area contributed by atoms with Gasteiger partial charge < -0.3 is 15.8 Å². The third-order valence-electron chi connectivity index (χ3n) is 2.27. The second kappa shape index (κ2) is 6.07. The molecule has 5 heteroatoms. The van der Waals surface area contributed by atoms with Crippen LogP contribution < -0.4 is 15.8 Å². The van der Waals surface area contributed by atoms with Crippen molar-refractivity contribution in [1.82, 2.24) is 10.3 Å². The Balaban J connectivity index is 2.45. The van der Waals surface area contributed by atoms with Gasteiger partial charge in [0.1, 0.15) is 0 Å². The molecule has 1 rings (SSSR count). The lowest BCUT2D eigenvalue weighted by molar-refractivity contribution is -0.124. The molecular formula is C11H17N3O2. The number of methoxy groups -OCH3 is 1. The van der Waals surface area contributed by atoms with Gasteiger partial charge >= 0.3 is 0 Å². The summed E-state index contributed by atoms with van der Waals surface area (Å²) in [5.41, 5.74) is 6.32. The Bertz CT molecular complexity index is 338. The zero-order valence-corrected chi connectivity index (χ0v) is 9.56. The molecule has 0 saturated heterocycles. The van der Waals surface area contributed by atoms with Gasteiger partial charge in [-0.1, -0.05) is 13.0 Å². The van der Waals surface area contributed by atoms with E-state index in [1.54, 1.807) is 26.3 Å². The Labute approximate surface area is 95.0 Å². The van der Waals surface area contributed by atoms with E-state index in [-0.39, 0.29) is 11.8 Å². The van der Waals surface area contributed by atoms with Gasteiger partial charge in [0.05, 0.1) is 7.11 Å². The highest BCUT2D eigenvalue weighted by atomic mass is 16.5. The molecule has 1 amide bonds. The molecule has 88 valence electrons. The number of amides is 1. The monoisotopic (exact) mass is 223 g/mol. The fourth-order valence-corrected chi connectivity index (χ4v) is 1.11. The molecule has 0 fully saturated rings. The first kappa shape index (κ1) is 12.4. The number of hydrogen-bond acceptors (Lipinski definition) is 4. The molecule has 0 aliphatic rings. The van der Waals surface area contributed by atoms with Crippen molar-refractivity contribution in [3.05, 3.63) is 23.9 Å². The van der Waals surface area contributed by atoms with Gasteiger partial charge in [-0.05, 0) is 5.56 Å². The van der Waals surface area contributed by atoms with Crippen LogP contribution in [0.15, 0.2) is 18.3 Å². The van der Waals surface area contributed by atoms with E-state index in [9.17, 15) is 4.79 Å². The standard InChI is InChI=1S/C11H17N3O2/c1-8(5-12)11(15)14-7-9-3-4-10(16-2)13-6-9/h3-4,6,8H,5,7,12H2,1-2H3,(H,14,15). The third-order valence-corrected chi connectivity index (χ3v) is 2.27. The molecule has 0 aliphatic carbocycles. The van der Waals surface area contributed by atoms with Crippen LogP contribution in [0, 0.1) is 5.92 Å². The second-order valence-corrected chi connectivity index (χ2v) is 3.56. The number of aromatic nitrogens is 1. The van der Waals surface area contributed by atoms with Crippen LogP contribution >= 0.6 is 0 Å². The molecule has 0 spiro atoms. The van der Waals surface area contributed by atoms with Crippen molar-refractivity contribution in [3.8, 4) is 5.88 Å². The molecule has 1 atom stereocenters. The maximum atomic E-state index is 11.4. The zero-order chi connectivity index (χ0) is 12.0. The first-order valence-corrected chi connectivity index (χ1v) is 5.14. The van der Waals surface area contributed by atoms with Gasteiger partial charge in [-0.25, -0.2) is 4.98 Å². The first-order chi connectivity index (χ1) is 7.67. The molecule has 1 aromatic heterocycles. The van der Waals surface area contributed by atoms with Crippen molar-refractivity contribution in [1.29, 1.82) is 0 Å². The van der Waals surface area contributed by atoms with Crippen molar-refractivity contribution in [2.24, 2.45) is 11.7 Å². The summed E-state index contributed by atoms with van der Waals surface area (Å²) in [6.45, 7) is 2.61. The van der Waals surface area contributed by atoms with Crippen molar-refractivity contribution in [2.75, 3.05) is 13.7 Å². The van der Waals surface area contributed by atoms with Gasteiger partial charge in [0, 0.05) is 31.3 Å². The van der Waals surface area contributed by atoms with Crippen LogP contribution in [-0.2, 0) is 11.3 Å². The largest absolute Gasteiger partial charge is 0.481 e. The van der Waals surface area contributed by atoms with Gasteiger partial charge in [0.2, 0.25) is 11.8 Å². The lowest BCUT2D eigenvalue weighted by atomic mass is 10.1. The zero-order valence-electron chi connectivity index (χ0n) is 9.56. The number of pyridine rings is 1. The molecule has 3 N–H and O–H groups in total. The maximum absolute atomic E-state index is 11.4. The van der Waals surface area contributed by atoms with Crippen LogP contribution in [-0.4, -0.2) is 24.5 Å². The maximum Gasteiger partial charge on any atom is 0.224 e. The van der Waals surface area contributed by atoms with Gasteiger partial charge in [0.25, 0.3) is 0 Å². The second-order valence-electron chi connectivity index (χ2n) is 3.56. The van der Waals surface area contributed by atoms with E-state index >= 15 is 0 Å². The summed E-state index contributed by atoms with van der Waals surface area (Å²) < 4.78 is 4.94. The number of nitrogens with one attached hydrogen (secondary N) is 1. The Hall–Kier alpha value is -1.62. The molecule has 1 aromatic rings. The summed E-state index contributed by atoms with van der Waals surface area (Å²) >= 11 is 0. The molecular weight excluding hydrogens is 206 g/mol. The summed E-state index contributed by atoms with van der Waals surface area (Å²) in [4.78, 5) is 15.5. The summed E-state index contributed by atoms with van der Waals surface area (Å²) in [7, 11) is 1.56. The average molecular weight is 223 g/mol. The van der Waals surface area contributed by atoms with Crippen molar-refractivity contribution in [2.45, 2.75) is 13.5 Å². The summed E-state index contributed by atoms with van der Waals surface area (Å²) in [5, 5.41) is 2.79. The van der Waals surface area contributed by atoms with Crippen LogP contribution in [0.25, 0.3) is 0 Å². The van der Waals surface area contributed by atoms with Crippen LogP contribution in [0.3, 0.4) is 0 Å². The van der Waals surface area contributed by atoms with Crippen molar-refractivity contribution in [3.63, 3.8) is 0 Å². The quantitative estimate of drug-likeness (QED) is 0.752. The Kier molecular flexibility index (Phi) is 4.72. The van der Waals surface area contributed by atoms with E-state index in [0.717, 1.165) is 5.56 Å². The lowest BCUT2D eigenvalue weighted by Gasteiger charge is -2.09. The normalized spacial score (nSPS) is 11.9. The number of nitrogens with zero attached hydrogens (tertiary/aromatic N) is 1. The number of rotatable bonds is 5. The molecule has 16 heavy (non-hydrogen) atoms. The van der Waals surface area contributed by atoms with E-state index in [1.165, 1.54) is 0 Å². The highest BCUT2D eigenvalue weighted by Gasteiger charge is 2.09. The molecule has 5 nitrogen and oxygen atoms in total. The van der Waals surface area contributed by atoms with Crippen LogP contribution in [0.5, 0.6) is 5.88 Å². The minimum Gasteiger partial charge on any atom is -0.481 e. The minimum atomic E-state index is -0.161. The van der Waals surface area contributed by atoms with Gasteiger partial charge in [-0.2, -0.15) is 0 Å². The van der Waals surface area contributed by atoms with E-state index < -0.39 is 0 Å². The summed E-state index contributed by atoms with van der Waals surface area (Å²) in [6, 6.07) is 3.62. The predicted molar refractivity (Wildman–Crippen MR) is 60.9 cm³/mol. The molecule has 0 aliphatic heterocycles. The first-order valence-electron chi connectivity index (χ1n) is 5.14. The molecule has 0 aromatic carbocycles. The highest BCUT2D eigenvalue weighted by Crippen LogP contribution is 2.06. The Morgan fingerprint density at radius 3 is 2.88 bits per heavy atom. The van der Waals surface area contributed by atoms with E-state index in [1.807, 2.05) is 6.07 Å². The lowest BCUT2D eigenvalue weighted by Crippen LogP contribution is -2.32. The highest BCUT2D eigenvalue weighted by molar-refractivity contribution is 5.78. The van der Waals surface area contributed by atoms with Gasteiger partial charge in [-0.3, -0.25) is 4.79 Å². The van der Waals surface area contributed by atoms with E-state index in [4.69, 9.17) is 10.5 Å². The van der Waals surface area contributed by atoms with Crippen molar-refractivity contribution >= 4 is 5.91 Å². The molecule has 1 heterocycles. The molecule has 0 saturated carbocycles. The van der Waals surface area contributed by atoms with Crippen LogP contribution in [0.1, 0.15) is 12.5 Å². The topological polar surface area (TPSA) is 77.2 Å². The molecule has 1 unspecified atom stereocenters. The third kappa shape index (κ3) is 3.51. The fourth-order valence-electron chi connectivity index (χ4n) is 1.11. The molecule has 0 radical (unpaired) electrons. The van der Waals surface area contributed by atoms with Gasteiger partial charge in [0.15, 0.2) is 0 Å². The van der Waals surface area contributed by atoms with Crippen LogP contribution in [0.2, 0.25) is 0 Å². The summed E-state index contributed by atoms with van der Waals surface area (Å²) in [5.74, 6) is 0.356. The number of carbonyl (C=O) groups excluding carboxylic acids is 1. The Morgan fingerprint density at radius 2 is 2.38 bits per heavy atom. The van der Waals surface area contributed by atoms with Crippen LogP contribution in [0.4, 0.5) is 0 Å². The fraction of sp³-hybridized carbons (Fsp3) is 0.455. The minimum absolute atomic E-state index is 0.0432. The number of carbonyl (C=O) groups is 1. The SMILES string of the molecule is COc1ccc(CNC(=O)C(C)CN)cn1. The predicted octanol–water partition coefficient (Wildman–Crippen LogP) is 0.301. The summed E-state index contributed by atoms with van der Waals surface area (Å²) in [6.07, 6.45) is 1.67. The average Bonchev–Trinajstić information content (AvgIpc) is 2.35. The Morgan fingerprint density at radius 1 is 1.62 bits per heavy atom. The van der Waals surface area contributed by atoms with E-state index in [2.05, 4.69) is 10.3 Å². The van der Waals surface area contributed by atoms with Crippen molar-refractivity contribution < 1.29 is 9.53 Å². The van der Waals surface area contributed by atoms with E-state index in [0.29, 0.717) is 19.0 Å². The number of ether oxygens (including phenoxy) is 1. The number of nitrogens with two attached hydrogens (primary N) is 1. The number of hydrogen-bond donors (Lipinski definition) is 2.